The molecule has 4 rings (SSSR count). The Morgan fingerprint density at radius 3 is 2.73 bits per heavy atom. The van der Waals surface area contributed by atoms with Crippen molar-refractivity contribution in [2.45, 2.75) is 26.3 Å². The van der Waals surface area contributed by atoms with Gasteiger partial charge in [-0.15, -0.1) is 0 Å². The Kier molecular flexibility index (Phi) is 5.49. The summed E-state index contributed by atoms with van der Waals surface area (Å²) in [5, 5.41) is 1.28. The molecule has 156 valence electrons. The Balaban J connectivity index is 1.59. The van der Waals surface area contributed by atoms with Crippen LogP contribution in [0.4, 0.5) is 0 Å². The molecule has 3 aromatic rings. The van der Waals surface area contributed by atoms with E-state index in [2.05, 4.69) is 11.1 Å². The first-order valence-corrected chi connectivity index (χ1v) is 11.4. The second-order valence-electron chi connectivity index (χ2n) is 7.44. The molecule has 1 unspecified atom stereocenters. The van der Waals surface area contributed by atoms with Crippen molar-refractivity contribution in [2.75, 3.05) is 13.7 Å². The number of imidazole rings is 1. The predicted octanol–water partition coefficient (Wildman–Crippen LogP) is 4.11. The second kappa shape index (κ2) is 8.08. The quantitative estimate of drug-likeness (QED) is 0.620. The van der Waals surface area contributed by atoms with E-state index in [0.29, 0.717) is 12.3 Å². The van der Waals surface area contributed by atoms with Crippen molar-refractivity contribution >= 4 is 16.1 Å². The maximum atomic E-state index is 13.0. The van der Waals surface area contributed by atoms with Crippen LogP contribution in [0.15, 0.2) is 60.4 Å². The van der Waals surface area contributed by atoms with Crippen LogP contribution in [0.3, 0.4) is 0 Å². The van der Waals surface area contributed by atoms with Gasteiger partial charge in [0, 0.05) is 24.2 Å². The van der Waals surface area contributed by atoms with E-state index < -0.39 is 10.0 Å². The minimum atomic E-state index is -3.56. The van der Waals surface area contributed by atoms with E-state index in [4.69, 9.17) is 4.74 Å². The second-order valence-corrected chi connectivity index (χ2v) is 9.21. The molecule has 0 radical (unpaired) electrons. The van der Waals surface area contributed by atoms with Crippen LogP contribution in [-0.4, -0.2) is 35.9 Å². The lowest BCUT2D eigenvalue weighted by Crippen LogP contribution is -2.37. The normalized spacial score (nSPS) is 17.2. The third-order valence-electron chi connectivity index (χ3n) is 5.49. The molecule has 30 heavy (non-hydrogen) atoms. The van der Waals surface area contributed by atoms with Gasteiger partial charge in [0.25, 0.3) is 0 Å². The van der Waals surface area contributed by atoms with Gasteiger partial charge in [-0.05, 0) is 55.2 Å². The zero-order valence-electron chi connectivity index (χ0n) is 17.3. The molecule has 0 fully saturated rings. The van der Waals surface area contributed by atoms with E-state index in [-0.39, 0.29) is 6.04 Å². The molecule has 1 aliphatic heterocycles. The van der Waals surface area contributed by atoms with Crippen molar-refractivity contribution in [1.82, 2.24) is 13.9 Å². The molecule has 0 spiro atoms. The summed E-state index contributed by atoms with van der Waals surface area (Å²) >= 11 is 0. The topological polar surface area (TPSA) is 64.4 Å². The summed E-state index contributed by atoms with van der Waals surface area (Å²) in [6.07, 6.45) is 5.98. The monoisotopic (exact) mass is 423 g/mol. The van der Waals surface area contributed by atoms with Crippen LogP contribution in [0.25, 0.3) is 11.8 Å². The molecular formula is C23H25N3O3S. The first-order chi connectivity index (χ1) is 14.4. The summed E-state index contributed by atoms with van der Waals surface area (Å²) in [5.41, 5.74) is 4.79. The van der Waals surface area contributed by atoms with Gasteiger partial charge in [-0.3, -0.25) is 0 Å². The van der Waals surface area contributed by atoms with E-state index in [1.54, 1.807) is 23.8 Å². The molecular weight excluding hydrogens is 398 g/mol. The zero-order valence-corrected chi connectivity index (χ0v) is 18.1. The Labute approximate surface area is 177 Å². The number of aryl methyl sites for hydroxylation is 1. The smallest absolute Gasteiger partial charge is 0.236 e. The number of nitrogens with zero attached hydrogens (tertiary/aromatic N) is 3. The standard InChI is InChI=1S/C23H25N3O3S/c1-17-15-25(16-24-17)22-9-8-19(14-23(22)29-3)11-13-30(27,28)26-12-10-20-6-4-5-7-21(20)18(26)2/h4-9,11,13-16,18H,10,12H2,1-3H3. The van der Waals surface area contributed by atoms with Gasteiger partial charge < -0.3 is 9.30 Å². The van der Waals surface area contributed by atoms with Crippen LogP contribution < -0.4 is 4.74 Å². The predicted molar refractivity (Wildman–Crippen MR) is 118 cm³/mol. The fourth-order valence-electron chi connectivity index (χ4n) is 3.90. The molecule has 6 nitrogen and oxygen atoms in total. The number of sulfonamides is 1. The Morgan fingerprint density at radius 1 is 1.20 bits per heavy atom. The lowest BCUT2D eigenvalue weighted by molar-refractivity contribution is 0.331. The summed E-state index contributed by atoms with van der Waals surface area (Å²) in [6.45, 7) is 4.34. The molecule has 1 aromatic heterocycles. The van der Waals surface area contributed by atoms with Crippen molar-refractivity contribution in [3.63, 3.8) is 0 Å². The van der Waals surface area contributed by atoms with Crippen LogP contribution in [0, 0.1) is 6.92 Å². The fourth-order valence-corrected chi connectivity index (χ4v) is 5.29. The molecule has 0 saturated heterocycles. The summed E-state index contributed by atoms with van der Waals surface area (Å²) in [5.74, 6) is 0.646. The van der Waals surface area contributed by atoms with Crippen LogP contribution in [-0.2, 0) is 16.4 Å². The average molecular weight is 424 g/mol. The maximum absolute atomic E-state index is 13.0. The van der Waals surface area contributed by atoms with Crippen LogP contribution in [0.2, 0.25) is 0 Å². The van der Waals surface area contributed by atoms with Gasteiger partial charge in [-0.2, -0.15) is 4.31 Å². The molecule has 7 heteroatoms. The maximum Gasteiger partial charge on any atom is 0.236 e. The number of hydrogen-bond acceptors (Lipinski definition) is 4. The highest BCUT2D eigenvalue weighted by Crippen LogP contribution is 2.32. The van der Waals surface area contributed by atoms with E-state index in [1.165, 1.54) is 11.0 Å². The molecule has 0 aliphatic carbocycles. The van der Waals surface area contributed by atoms with Crippen LogP contribution >= 0.6 is 0 Å². The SMILES string of the molecule is COc1cc(C=CS(=O)(=O)N2CCc3ccccc3C2C)ccc1-n1cnc(C)c1. The molecule has 1 aliphatic rings. The van der Waals surface area contributed by atoms with Crippen molar-refractivity contribution in [3.05, 3.63) is 82.8 Å². The average Bonchev–Trinajstić information content (AvgIpc) is 3.18. The molecule has 0 amide bonds. The van der Waals surface area contributed by atoms with Gasteiger partial charge in [0.1, 0.15) is 5.75 Å². The van der Waals surface area contributed by atoms with Crippen molar-refractivity contribution in [3.8, 4) is 11.4 Å². The fraction of sp³-hybridized carbons (Fsp3) is 0.261. The molecule has 2 aromatic carbocycles. The van der Waals surface area contributed by atoms with Crippen molar-refractivity contribution in [2.24, 2.45) is 0 Å². The minimum Gasteiger partial charge on any atom is -0.495 e. The van der Waals surface area contributed by atoms with Gasteiger partial charge in [0.2, 0.25) is 10.0 Å². The molecule has 1 atom stereocenters. The van der Waals surface area contributed by atoms with Crippen molar-refractivity contribution < 1.29 is 13.2 Å². The van der Waals surface area contributed by atoms with E-state index in [9.17, 15) is 8.42 Å². The number of benzene rings is 2. The Hall–Kier alpha value is -2.90. The molecule has 2 heterocycles. The van der Waals surface area contributed by atoms with Crippen molar-refractivity contribution in [1.29, 1.82) is 0 Å². The zero-order chi connectivity index (χ0) is 21.3. The summed E-state index contributed by atoms with van der Waals surface area (Å²) in [6, 6.07) is 13.4. The van der Waals surface area contributed by atoms with E-state index >= 15 is 0 Å². The van der Waals surface area contributed by atoms with Gasteiger partial charge in [-0.1, -0.05) is 30.3 Å². The van der Waals surface area contributed by atoms with E-state index in [1.807, 2.05) is 61.0 Å². The number of ether oxygens (including phenoxy) is 1. The van der Waals surface area contributed by atoms with Gasteiger partial charge in [0.15, 0.2) is 0 Å². The highest BCUT2D eigenvalue weighted by molar-refractivity contribution is 7.92. The van der Waals surface area contributed by atoms with E-state index in [0.717, 1.165) is 28.9 Å². The minimum absolute atomic E-state index is 0.189. The number of rotatable bonds is 5. The highest BCUT2D eigenvalue weighted by atomic mass is 32.2. The molecule has 0 N–H and O–H groups in total. The summed E-state index contributed by atoms with van der Waals surface area (Å²) in [7, 11) is -1.96. The Bertz CT molecular complexity index is 1200. The number of aromatic nitrogens is 2. The first-order valence-electron chi connectivity index (χ1n) is 9.86. The lowest BCUT2D eigenvalue weighted by Gasteiger charge is -2.33. The van der Waals surface area contributed by atoms with Gasteiger partial charge in [-0.25, -0.2) is 13.4 Å². The Morgan fingerprint density at radius 2 is 2.00 bits per heavy atom. The number of methoxy groups -OCH3 is 1. The highest BCUT2D eigenvalue weighted by Gasteiger charge is 2.30. The largest absolute Gasteiger partial charge is 0.495 e. The van der Waals surface area contributed by atoms with Gasteiger partial charge in [0.05, 0.1) is 24.8 Å². The number of fused-ring (bicyclic) bond motifs is 1. The third kappa shape index (κ3) is 3.91. The third-order valence-corrected chi connectivity index (χ3v) is 7.12. The first kappa shape index (κ1) is 20.4. The summed E-state index contributed by atoms with van der Waals surface area (Å²) < 4.78 is 35.0. The molecule has 0 saturated carbocycles. The van der Waals surface area contributed by atoms with Crippen LogP contribution in [0.5, 0.6) is 5.75 Å². The van der Waals surface area contributed by atoms with Crippen LogP contribution in [0.1, 0.15) is 35.3 Å². The lowest BCUT2D eigenvalue weighted by atomic mass is 9.96. The van der Waals surface area contributed by atoms with Gasteiger partial charge >= 0.3 is 0 Å². The number of hydrogen-bond donors (Lipinski definition) is 0. The summed E-state index contributed by atoms with van der Waals surface area (Å²) in [4.78, 5) is 4.24. The molecule has 0 bridgehead atoms.